The SMILES string of the molecule is COc1cc(Cl)cc(C(O)C(O)CCN)c1. The third-order valence-electron chi connectivity index (χ3n) is 2.30. The van der Waals surface area contributed by atoms with E-state index in [1.807, 2.05) is 0 Å². The topological polar surface area (TPSA) is 75.7 Å². The van der Waals surface area contributed by atoms with E-state index in [2.05, 4.69) is 0 Å². The Morgan fingerprint density at radius 3 is 2.62 bits per heavy atom. The van der Waals surface area contributed by atoms with Crippen LogP contribution in [0.5, 0.6) is 5.75 Å². The van der Waals surface area contributed by atoms with Crippen LogP contribution in [-0.2, 0) is 0 Å². The summed E-state index contributed by atoms with van der Waals surface area (Å²) >= 11 is 5.86. The van der Waals surface area contributed by atoms with Gasteiger partial charge in [0, 0.05) is 5.02 Å². The number of nitrogens with two attached hydrogens (primary N) is 1. The molecule has 1 aromatic rings. The second-order valence-electron chi connectivity index (χ2n) is 3.51. The van der Waals surface area contributed by atoms with Crippen LogP contribution in [0.4, 0.5) is 0 Å². The molecule has 5 heteroatoms. The third kappa shape index (κ3) is 3.35. The summed E-state index contributed by atoms with van der Waals surface area (Å²) < 4.78 is 5.02. The van der Waals surface area contributed by atoms with Gasteiger partial charge in [-0.15, -0.1) is 0 Å². The van der Waals surface area contributed by atoms with Crippen molar-refractivity contribution in [3.05, 3.63) is 28.8 Å². The third-order valence-corrected chi connectivity index (χ3v) is 2.52. The van der Waals surface area contributed by atoms with Crippen molar-refractivity contribution in [2.45, 2.75) is 18.6 Å². The largest absolute Gasteiger partial charge is 0.497 e. The normalized spacial score (nSPS) is 14.6. The Kier molecular flexibility index (Phi) is 5.02. The molecule has 0 aliphatic heterocycles. The Labute approximate surface area is 99.6 Å². The zero-order valence-electron chi connectivity index (χ0n) is 9.06. The molecule has 0 amide bonds. The van der Waals surface area contributed by atoms with E-state index >= 15 is 0 Å². The van der Waals surface area contributed by atoms with Crippen molar-refractivity contribution in [1.29, 1.82) is 0 Å². The van der Waals surface area contributed by atoms with Crippen molar-refractivity contribution in [1.82, 2.24) is 0 Å². The Bertz CT molecular complexity index is 346. The van der Waals surface area contributed by atoms with E-state index in [9.17, 15) is 10.2 Å². The van der Waals surface area contributed by atoms with E-state index < -0.39 is 12.2 Å². The van der Waals surface area contributed by atoms with Crippen LogP contribution >= 0.6 is 11.6 Å². The molecule has 0 aliphatic carbocycles. The van der Waals surface area contributed by atoms with Gasteiger partial charge in [-0.2, -0.15) is 0 Å². The monoisotopic (exact) mass is 245 g/mol. The molecule has 1 aromatic carbocycles. The number of ether oxygens (including phenoxy) is 1. The molecule has 4 nitrogen and oxygen atoms in total. The first-order valence-corrected chi connectivity index (χ1v) is 5.37. The molecule has 0 heterocycles. The Morgan fingerprint density at radius 1 is 1.38 bits per heavy atom. The lowest BCUT2D eigenvalue weighted by atomic mass is 10.0. The minimum Gasteiger partial charge on any atom is -0.497 e. The van der Waals surface area contributed by atoms with Crippen LogP contribution in [0.2, 0.25) is 5.02 Å². The molecule has 4 N–H and O–H groups in total. The lowest BCUT2D eigenvalue weighted by Crippen LogP contribution is -2.21. The van der Waals surface area contributed by atoms with Crippen LogP contribution in [0.25, 0.3) is 0 Å². The van der Waals surface area contributed by atoms with Crippen LogP contribution < -0.4 is 10.5 Å². The summed E-state index contributed by atoms with van der Waals surface area (Å²) in [5, 5.41) is 19.9. The number of hydrogen-bond acceptors (Lipinski definition) is 4. The highest BCUT2D eigenvalue weighted by atomic mass is 35.5. The molecule has 0 radical (unpaired) electrons. The molecular weight excluding hydrogens is 230 g/mol. The number of rotatable bonds is 5. The number of methoxy groups -OCH3 is 1. The molecule has 1 rings (SSSR count). The van der Waals surface area contributed by atoms with E-state index in [1.165, 1.54) is 7.11 Å². The van der Waals surface area contributed by atoms with Gasteiger partial charge < -0.3 is 20.7 Å². The van der Waals surface area contributed by atoms with Gasteiger partial charge in [-0.1, -0.05) is 11.6 Å². The average Bonchev–Trinajstić information content (AvgIpc) is 2.27. The first kappa shape index (κ1) is 13.3. The molecule has 16 heavy (non-hydrogen) atoms. The van der Waals surface area contributed by atoms with Crippen molar-refractivity contribution in [2.24, 2.45) is 5.73 Å². The minimum atomic E-state index is -1.00. The van der Waals surface area contributed by atoms with Crippen LogP contribution in [0, 0.1) is 0 Å². The second-order valence-corrected chi connectivity index (χ2v) is 3.95. The first-order chi connectivity index (χ1) is 7.58. The van der Waals surface area contributed by atoms with Gasteiger partial charge >= 0.3 is 0 Å². The van der Waals surface area contributed by atoms with Crippen molar-refractivity contribution in [3.63, 3.8) is 0 Å². The summed E-state index contributed by atoms with van der Waals surface area (Å²) in [4.78, 5) is 0. The number of benzene rings is 1. The highest BCUT2D eigenvalue weighted by Crippen LogP contribution is 2.27. The zero-order chi connectivity index (χ0) is 12.1. The summed E-state index contributed by atoms with van der Waals surface area (Å²) in [5.41, 5.74) is 5.83. The zero-order valence-corrected chi connectivity index (χ0v) is 9.81. The molecule has 2 unspecified atom stereocenters. The number of halogens is 1. The van der Waals surface area contributed by atoms with Crippen LogP contribution in [0.1, 0.15) is 18.1 Å². The lowest BCUT2D eigenvalue weighted by molar-refractivity contribution is 0.0149. The Balaban J connectivity index is 2.89. The minimum absolute atomic E-state index is 0.315. The lowest BCUT2D eigenvalue weighted by Gasteiger charge is -2.18. The molecule has 0 saturated carbocycles. The summed E-state index contributed by atoms with van der Waals surface area (Å²) in [5.74, 6) is 0.543. The summed E-state index contributed by atoms with van der Waals surface area (Å²) in [6.07, 6.45) is -1.57. The molecule has 0 aliphatic rings. The van der Waals surface area contributed by atoms with Crippen molar-refractivity contribution in [2.75, 3.05) is 13.7 Å². The highest BCUT2D eigenvalue weighted by molar-refractivity contribution is 6.30. The maximum Gasteiger partial charge on any atom is 0.120 e. The van der Waals surface area contributed by atoms with Gasteiger partial charge in [0.15, 0.2) is 0 Å². The van der Waals surface area contributed by atoms with Gasteiger partial charge in [0.05, 0.1) is 13.2 Å². The Morgan fingerprint density at radius 2 is 2.06 bits per heavy atom. The van der Waals surface area contributed by atoms with Gasteiger partial charge in [-0.3, -0.25) is 0 Å². The number of aliphatic hydroxyl groups excluding tert-OH is 2. The van der Waals surface area contributed by atoms with E-state index in [0.29, 0.717) is 29.3 Å². The fourth-order valence-corrected chi connectivity index (χ4v) is 1.66. The maximum atomic E-state index is 9.84. The molecule has 90 valence electrons. The molecule has 0 saturated heterocycles. The van der Waals surface area contributed by atoms with E-state index in [1.54, 1.807) is 18.2 Å². The maximum absolute atomic E-state index is 9.84. The van der Waals surface area contributed by atoms with Crippen LogP contribution in [0.15, 0.2) is 18.2 Å². The van der Waals surface area contributed by atoms with Gasteiger partial charge in [-0.05, 0) is 36.7 Å². The molecule has 0 fully saturated rings. The van der Waals surface area contributed by atoms with Crippen molar-refractivity contribution in [3.8, 4) is 5.75 Å². The predicted molar refractivity (Wildman–Crippen MR) is 62.6 cm³/mol. The van der Waals surface area contributed by atoms with E-state index in [4.69, 9.17) is 22.1 Å². The van der Waals surface area contributed by atoms with Crippen LogP contribution in [-0.4, -0.2) is 30.0 Å². The molecule has 0 spiro atoms. The standard InChI is InChI=1S/C11H16ClNO3/c1-16-9-5-7(4-8(12)6-9)11(15)10(14)2-3-13/h4-6,10-11,14-15H,2-3,13H2,1H3. The molecule has 0 aromatic heterocycles. The molecule has 2 atom stereocenters. The quantitative estimate of drug-likeness (QED) is 0.726. The Hall–Kier alpha value is -0.810. The van der Waals surface area contributed by atoms with Gasteiger partial charge in [0.1, 0.15) is 11.9 Å². The fourth-order valence-electron chi connectivity index (χ4n) is 1.42. The number of hydrogen-bond donors (Lipinski definition) is 3. The predicted octanol–water partition coefficient (Wildman–Crippen LogP) is 1.09. The van der Waals surface area contributed by atoms with Crippen LogP contribution in [0.3, 0.4) is 0 Å². The summed E-state index contributed by atoms with van der Waals surface area (Å²) in [6.45, 7) is 0.315. The highest BCUT2D eigenvalue weighted by Gasteiger charge is 2.18. The first-order valence-electron chi connectivity index (χ1n) is 4.99. The van der Waals surface area contributed by atoms with Crippen molar-refractivity contribution >= 4 is 11.6 Å². The van der Waals surface area contributed by atoms with Gasteiger partial charge in [-0.25, -0.2) is 0 Å². The summed E-state index contributed by atoms with van der Waals surface area (Å²) in [7, 11) is 1.51. The van der Waals surface area contributed by atoms with E-state index in [0.717, 1.165) is 0 Å². The van der Waals surface area contributed by atoms with E-state index in [-0.39, 0.29) is 0 Å². The smallest absolute Gasteiger partial charge is 0.120 e. The summed E-state index contributed by atoms with van der Waals surface area (Å²) in [6, 6.07) is 4.86. The second kappa shape index (κ2) is 6.06. The fraction of sp³-hybridized carbons (Fsp3) is 0.455. The molecular formula is C11H16ClNO3. The molecule has 0 bridgehead atoms. The van der Waals surface area contributed by atoms with Gasteiger partial charge in [0.25, 0.3) is 0 Å². The number of aliphatic hydroxyl groups is 2. The van der Waals surface area contributed by atoms with Gasteiger partial charge in [0.2, 0.25) is 0 Å². The van der Waals surface area contributed by atoms with Crippen molar-refractivity contribution < 1.29 is 14.9 Å². The average molecular weight is 246 g/mol.